The molecule has 2 aromatic carbocycles. The van der Waals surface area contributed by atoms with E-state index in [1.807, 2.05) is 30.0 Å². The van der Waals surface area contributed by atoms with Crippen LogP contribution < -0.4 is 10.6 Å². The Morgan fingerprint density at radius 1 is 1.05 bits per heavy atom. The molecule has 1 atom stereocenters. The number of pyridine rings is 1. The van der Waals surface area contributed by atoms with Crippen molar-refractivity contribution in [1.82, 2.24) is 4.98 Å². The van der Waals surface area contributed by atoms with Crippen molar-refractivity contribution < 1.29 is 13.2 Å². The van der Waals surface area contributed by atoms with E-state index in [0.717, 1.165) is 34.0 Å². The summed E-state index contributed by atoms with van der Waals surface area (Å²) in [4.78, 5) is 11.3. The second-order valence-electron chi connectivity index (χ2n) is 9.59. The van der Waals surface area contributed by atoms with Crippen molar-refractivity contribution in [3.63, 3.8) is 0 Å². The highest BCUT2D eigenvalue weighted by Crippen LogP contribution is 2.52. The molecule has 5 rings (SSSR count). The van der Waals surface area contributed by atoms with Gasteiger partial charge in [-0.25, -0.2) is 18.2 Å². The van der Waals surface area contributed by atoms with Gasteiger partial charge in [0.25, 0.3) is 0 Å². The van der Waals surface area contributed by atoms with Crippen molar-refractivity contribution in [1.29, 1.82) is 0 Å². The van der Waals surface area contributed by atoms with Crippen LogP contribution in [0.2, 0.25) is 0 Å². The lowest BCUT2D eigenvalue weighted by molar-refractivity contribution is 0.414. The predicted molar refractivity (Wildman–Crippen MR) is 142 cm³/mol. The lowest BCUT2D eigenvalue weighted by Crippen LogP contribution is -2.48. The number of benzene rings is 2. The molecule has 0 amide bonds. The third kappa shape index (κ3) is 4.81. The molecule has 1 saturated heterocycles. The Balaban J connectivity index is 1.63. The molecule has 37 heavy (non-hydrogen) atoms. The average Bonchev–Trinajstić information content (AvgIpc) is 2.88. The van der Waals surface area contributed by atoms with E-state index < -0.39 is 17.0 Å². The third-order valence-electron chi connectivity index (χ3n) is 7.15. The van der Waals surface area contributed by atoms with Gasteiger partial charge in [-0.05, 0) is 97.3 Å². The Bertz CT molecular complexity index is 1440. The van der Waals surface area contributed by atoms with Crippen molar-refractivity contribution >= 4 is 22.7 Å². The lowest BCUT2D eigenvalue weighted by atomic mass is 9.62. The first-order valence-electron chi connectivity index (χ1n) is 12.1. The third-order valence-corrected chi connectivity index (χ3v) is 7.15. The summed E-state index contributed by atoms with van der Waals surface area (Å²) in [5, 5.41) is 0. The fraction of sp³-hybridized carbons (Fsp3) is 0.200. The first-order valence-corrected chi connectivity index (χ1v) is 12.1. The number of aromatic nitrogens is 1. The second-order valence-corrected chi connectivity index (χ2v) is 9.59. The molecule has 2 heterocycles. The number of halogens is 3. The van der Waals surface area contributed by atoms with Gasteiger partial charge in [0.05, 0.1) is 17.1 Å². The van der Waals surface area contributed by atoms with Crippen LogP contribution in [0.15, 0.2) is 95.8 Å². The van der Waals surface area contributed by atoms with Gasteiger partial charge in [-0.1, -0.05) is 12.2 Å². The molecule has 1 unspecified atom stereocenters. The van der Waals surface area contributed by atoms with Gasteiger partial charge < -0.3 is 10.6 Å². The first-order chi connectivity index (χ1) is 17.8. The minimum Gasteiger partial charge on any atom is -0.404 e. The van der Waals surface area contributed by atoms with Crippen LogP contribution in [0.5, 0.6) is 0 Å². The minimum atomic E-state index is -0.621. The Morgan fingerprint density at radius 3 is 2.46 bits per heavy atom. The highest BCUT2D eigenvalue weighted by Gasteiger charge is 2.46. The number of allylic oxidation sites excluding steroid dienone is 2. The molecule has 0 spiro atoms. The fourth-order valence-corrected chi connectivity index (χ4v) is 5.24. The predicted octanol–water partition coefficient (Wildman–Crippen LogP) is 6.66. The van der Waals surface area contributed by atoms with Crippen molar-refractivity contribution in [3.05, 3.63) is 120 Å². The fourth-order valence-electron chi connectivity index (χ4n) is 5.24. The lowest BCUT2D eigenvalue weighted by Gasteiger charge is -2.49. The van der Waals surface area contributed by atoms with Gasteiger partial charge in [-0.3, -0.25) is 4.98 Å². The number of nitrogens with zero attached hydrogens (tertiary/aromatic N) is 3. The Morgan fingerprint density at radius 2 is 1.78 bits per heavy atom. The van der Waals surface area contributed by atoms with Crippen LogP contribution in [0.3, 0.4) is 0 Å². The van der Waals surface area contributed by atoms with Crippen LogP contribution in [0.25, 0.3) is 5.57 Å². The summed E-state index contributed by atoms with van der Waals surface area (Å²) < 4.78 is 41.6. The summed E-state index contributed by atoms with van der Waals surface area (Å²) in [6.07, 6.45) is 6.43. The molecule has 1 fully saturated rings. The Labute approximate surface area is 214 Å². The van der Waals surface area contributed by atoms with E-state index in [1.165, 1.54) is 30.5 Å². The Hall–Kier alpha value is -4.13. The van der Waals surface area contributed by atoms with Gasteiger partial charge in [-0.2, -0.15) is 0 Å². The van der Waals surface area contributed by atoms with E-state index in [4.69, 9.17) is 10.7 Å². The summed E-state index contributed by atoms with van der Waals surface area (Å²) in [5.41, 5.74) is 11.8. The van der Waals surface area contributed by atoms with E-state index in [2.05, 4.69) is 11.6 Å². The summed E-state index contributed by atoms with van der Waals surface area (Å²) in [7, 11) is 0. The number of hydrogen-bond acceptors (Lipinski definition) is 4. The Kier molecular flexibility index (Phi) is 6.46. The molecule has 4 nitrogen and oxygen atoms in total. The molecule has 3 aromatic rings. The summed E-state index contributed by atoms with van der Waals surface area (Å²) in [6, 6.07) is 13.5. The zero-order chi connectivity index (χ0) is 26.2. The molecule has 1 aromatic heterocycles. The van der Waals surface area contributed by atoms with E-state index in [0.29, 0.717) is 43.0 Å². The molecule has 0 bridgehead atoms. The van der Waals surface area contributed by atoms with E-state index in [9.17, 15) is 13.2 Å². The molecular weight excluding hydrogens is 473 g/mol. The van der Waals surface area contributed by atoms with Crippen molar-refractivity contribution in [2.75, 3.05) is 18.0 Å². The summed E-state index contributed by atoms with van der Waals surface area (Å²) in [5.74, 6) is -1.57. The number of aryl methyl sites for hydroxylation is 1. The topological polar surface area (TPSA) is 54.5 Å². The largest absolute Gasteiger partial charge is 0.404 e. The summed E-state index contributed by atoms with van der Waals surface area (Å²) in [6.45, 7) is 7.49. The van der Waals surface area contributed by atoms with Gasteiger partial charge in [0.2, 0.25) is 0 Å². The molecule has 1 aliphatic carbocycles. The maximum Gasteiger partial charge on any atom is 0.128 e. The molecule has 1 aliphatic heterocycles. The molecular formula is C30H27F3N4. The number of rotatable bonds is 4. The number of hydrogen-bond donors (Lipinski definition) is 1. The minimum absolute atomic E-state index is 0.331. The van der Waals surface area contributed by atoms with E-state index >= 15 is 0 Å². The maximum absolute atomic E-state index is 14.1. The van der Waals surface area contributed by atoms with Gasteiger partial charge in [0, 0.05) is 36.5 Å². The van der Waals surface area contributed by atoms with E-state index in [1.54, 1.807) is 18.3 Å². The van der Waals surface area contributed by atoms with Crippen molar-refractivity contribution in [2.24, 2.45) is 16.1 Å². The molecule has 2 N–H and O–H groups in total. The van der Waals surface area contributed by atoms with Crippen LogP contribution in [-0.2, 0) is 0 Å². The van der Waals surface area contributed by atoms with Gasteiger partial charge >= 0.3 is 0 Å². The van der Waals surface area contributed by atoms with E-state index in [-0.39, 0.29) is 5.82 Å². The number of piperidine rings is 1. The van der Waals surface area contributed by atoms with Crippen LogP contribution >= 0.6 is 0 Å². The highest BCUT2D eigenvalue weighted by molar-refractivity contribution is 6.12. The van der Waals surface area contributed by atoms with Crippen LogP contribution in [-0.4, -0.2) is 23.8 Å². The first kappa shape index (κ1) is 24.6. The zero-order valence-electron chi connectivity index (χ0n) is 20.5. The smallest absolute Gasteiger partial charge is 0.128 e. The van der Waals surface area contributed by atoms with Crippen LogP contribution in [0.1, 0.15) is 24.1 Å². The van der Waals surface area contributed by atoms with Gasteiger partial charge in [-0.15, -0.1) is 0 Å². The molecule has 2 aliphatic rings. The quantitative estimate of drug-likeness (QED) is 0.436. The molecule has 188 valence electrons. The number of anilines is 1. The molecule has 0 radical (unpaired) electrons. The number of aliphatic imine (C=N–C) groups is 1. The zero-order valence-corrected chi connectivity index (χ0v) is 20.5. The standard InChI is InChI=1S/C30H27F3N4/c1-19-7-9-35-28(11-19)20(2)30-16-21(17-34)29(36-26-5-3-23(31)4-6-26)12-22(30)8-10-37(18-30)27-14-24(32)13-25(33)15-27/h3-7,9,11-15,17H,2,8,10,16,18,34H2,1H3. The van der Waals surface area contributed by atoms with Crippen LogP contribution in [0.4, 0.5) is 24.5 Å². The average molecular weight is 501 g/mol. The number of fused-ring (bicyclic) bond motifs is 1. The van der Waals surface area contributed by atoms with Gasteiger partial charge in [0.15, 0.2) is 0 Å². The number of nitrogens with two attached hydrogens (primary N) is 1. The molecule has 7 heteroatoms. The van der Waals surface area contributed by atoms with Gasteiger partial charge in [0.1, 0.15) is 17.5 Å². The van der Waals surface area contributed by atoms with Crippen LogP contribution in [0, 0.1) is 29.8 Å². The van der Waals surface area contributed by atoms with Crippen molar-refractivity contribution in [2.45, 2.75) is 19.8 Å². The normalized spacial score (nSPS) is 21.6. The summed E-state index contributed by atoms with van der Waals surface area (Å²) >= 11 is 0. The highest BCUT2D eigenvalue weighted by atomic mass is 19.1. The maximum atomic E-state index is 14.1. The second kappa shape index (κ2) is 9.73. The SMILES string of the molecule is C=C(c1cc(C)ccn1)C12CC(=CN)C(=Nc3ccc(F)cc3)C=C1CCN(c1cc(F)cc(F)c1)C2. The van der Waals surface area contributed by atoms with Crippen molar-refractivity contribution in [3.8, 4) is 0 Å². The molecule has 0 saturated carbocycles. The monoisotopic (exact) mass is 500 g/mol.